The minimum Gasteiger partial charge on any atom is -0.303 e. The van der Waals surface area contributed by atoms with Crippen LogP contribution in [0.15, 0.2) is 24.3 Å². The maximum absolute atomic E-state index is 13.2. The van der Waals surface area contributed by atoms with E-state index >= 15 is 0 Å². The minimum atomic E-state index is -0.510. The average Bonchev–Trinajstić information content (AvgIpc) is 2.97. The molecule has 1 aromatic rings. The Morgan fingerprint density at radius 2 is 1.92 bits per heavy atom. The van der Waals surface area contributed by atoms with Crippen LogP contribution in [0.25, 0.3) is 0 Å². The summed E-state index contributed by atoms with van der Waals surface area (Å²) in [6.45, 7) is 2.45. The number of hydrazine groups is 1. The monoisotopic (exact) mass is 353 g/mol. The molecule has 4 rings (SSSR count). The predicted octanol–water partition coefficient (Wildman–Crippen LogP) is 1.95. The molecule has 2 saturated heterocycles. The lowest BCUT2D eigenvalue weighted by molar-refractivity contribution is -0.157. The SMILES string of the molecule is Cc1ccc(CN2C(=O)C3CCCCC3N3C(=O)N(CC#N)NC23)cc1. The van der Waals surface area contributed by atoms with Crippen molar-refractivity contribution in [3.63, 3.8) is 0 Å². The molecule has 3 aliphatic rings. The summed E-state index contributed by atoms with van der Waals surface area (Å²) in [6.07, 6.45) is 3.21. The third kappa shape index (κ3) is 2.71. The largest absolute Gasteiger partial charge is 0.338 e. The first kappa shape index (κ1) is 16.9. The lowest BCUT2D eigenvalue weighted by Gasteiger charge is -2.48. The first-order chi connectivity index (χ1) is 12.6. The maximum Gasteiger partial charge on any atom is 0.338 e. The molecule has 7 heteroatoms. The fraction of sp³-hybridized carbons (Fsp3) is 0.526. The van der Waals surface area contributed by atoms with Gasteiger partial charge in [-0.15, -0.1) is 0 Å². The van der Waals surface area contributed by atoms with E-state index in [9.17, 15) is 9.59 Å². The van der Waals surface area contributed by atoms with Crippen molar-refractivity contribution in [1.29, 1.82) is 5.26 Å². The van der Waals surface area contributed by atoms with Gasteiger partial charge in [0.2, 0.25) is 5.91 Å². The molecule has 0 radical (unpaired) electrons. The second kappa shape index (κ2) is 6.61. The molecule has 3 amide bonds. The Balaban J connectivity index is 1.66. The Morgan fingerprint density at radius 1 is 1.19 bits per heavy atom. The molecular formula is C19H23N5O2. The summed E-state index contributed by atoms with van der Waals surface area (Å²) in [5, 5.41) is 10.3. The molecule has 0 spiro atoms. The lowest BCUT2D eigenvalue weighted by Crippen LogP contribution is -2.65. The van der Waals surface area contributed by atoms with Gasteiger partial charge >= 0.3 is 6.03 Å². The number of fused-ring (bicyclic) bond motifs is 3. The number of carbonyl (C=O) groups excluding carboxylic acids is 2. The topological polar surface area (TPSA) is 79.7 Å². The summed E-state index contributed by atoms with van der Waals surface area (Å²) in [4.78, 5) is 29.6. The molecule has 2 aliphatic heterocycles. The zero-order chi connectivity index (χ0) is 18.3. The van der Waals surface area contributed by atoms with E-state index in [1.165, 1.54) is 10.6 Å². The van der Waals surface area contributed by atoms with Gasteiger partial charge in [0.05, 0.1) is 12.0 Å². The first-order valence-corrected chi connectivity index (χ1v) is 9.19. The normalized spacial score (nSPS) is 28.0. The Bertz CT molecular complexity index is 756. The van der Waals surface area contributed by atoms with Gasteiger partial charge in [0.1, 0.15) is 6.54 Å². The second-order valence-corrected chi connectivity index (χ2v) is 7.35. The maximum atomic E-state index is 13.2. The van der Waals surface area contributed by atoms with Gasteiger partial charge < -0.3 is 4.90 Å². The highest BCUT2D eigenvalue weighted by Gasteiger charge is 2.54. The second-order valence-electron chi connectivity index (χ2n) is 7.35. The molecule has 3 unspecified atom stereocenters. The van der Waals surface area contributed by atoms with E-state index in [1.807, 2.05) is 37.3 Å². The van der Waals surface area contributed by atoms with Crippen LogP contribution in [0.1, 0.15) is 36.8 Å². The van der Waals surface area contributed by atoms with Crippen molar-refractivity contribution < 1.29 is 9.59 Å². The minimum absolute atomic E-state index is 0.0320. The van der Waals surface area contributed by atoms with Gasteiger partial charge in [-0.1, -0.05) is 42.7 Å². The van der Waals surface area contributed by atoms with Gasteiger partial charge in [0.15, 0.2) is 6.29 Å². The van der Waals surface area contributed by atoms with Crippen molar-refractivity contribution in [2.75, 3.05) is 6.54 Å². The van der Waals surface area contributed by atoms with Crippen molar-refractivity contribution in [1.82, 2.24) is 20.2 Å². The Kier molecular flexibility index (Phi) is 4.29. The van der Waals surface area contributed by atoms with E-state index in [-0.39, 0.29) is 30.4 Å². The van der Waals surface area contributed by atoms with Crippen LogP contribution in [0, 0.1) is 24.2 Å². The molecule has 3 atom stereocenters. The Morgan fingerprint density at radius 3 is 2.65 bits per heavy atom. The molecule has 1 saturated carbocycles. The molecule has 7 nitrogen and oxygen atoms in total. The van der Waals surface area contributed by atoms with Crippen molar-refractivity contribution in [3.8, 4) is 6.07 Å². The number of urea groups is 1. The van der Waals surface area contributed by atoms with E-state index < -0.39 is 6.29 Å². The van der Waals surface area contributed by atoms with E-state index in [1.54, 1.807) is 9.80 Å². The molecule has 0 aromatic heterocycles. The molecule has 1 N–H and O–H groups in total. The van der Waals surface area contributed by atoms with Gasteiger partial charge in [0.25, 0.3) is 0 Å². The van der Waals surface area contributed by atoms with Crippen LogP contribution >= 0.6 is 0 Å². The smallest absolute Gasteiger partial charge is 0.303 e. The van der Waals surface area contributed by atoms with Gasteiger partial charge in [-0.05, 0) is 25.3 Å². The molecule has 1 aliphatic carbocycles. The zero-order valence-corrected chi connectivity index (χ0v) is 14.9. The van der Waals surface area contributed by atoms with Crippen LogP contribution in [0.5, 0.6) is 0 Å². The van der Waals surface area contributed by atoms with Crippen LogP contribution in [0.3, 0.4) is 0 Å². The number of hydrogen-bond acceptors (Lipinski definition) is 4. The van der Waals surface area contributed by atoms with Gasteiger partial charge in [-0.25, -0.2) is 9.80 Å². The van der Waals surface area contributed by atoms with Crippen molar-refractivity contribution in [3.05, 3.63) is 35.4 Å². The Hall–Kier alpha value is -2.59. The number of hydrogen-bond donors (Lipinski definition) is 1. The van der Waals surface area contributed by atoms with Gasteiger partial charge in [-0.3, -0.25) is 9.69 Å². The Labute approximate surface area is 153 Å². The summed E-state index contributed by atoms with van der Waals surface area (Å²) in [5.41, 5.74) is 5.28. The van der Waals surface area contributed by atoms with Crippen LogP contribution in [-0.2, 0) is 11.3 Å². The number of nitriles is 1. The number of aryl methyl sites for hydroxylation is 1. The van der Waals surface area contributed by atoms with Crippen molar-refractivity contribution in [2.45, 2.75) is 51.5 Å². The zero-order valence-electron chi connectivity index (χ0n) is 14.9. The highest BCUT2D eigenvalue weighted by atomic mass is 16.2. The number of nitrogens with one attached hydrogen (secondary N) is 1. The van der Waals surface area contributed by atoms with E-state index in [2.05, 4.69) is 5.43 Å². The predicted molar refractivity (Wildman–Crippen MR) is 94.0 cm³/mol. The summed E-state index contributed by atoms with van der Waals surface area (Å²) in [7, 11) is 0. The van der Waals surface area contributed by atoms with Crippen LogP contribution < -0.4 is 5.43 Å². The lowest BCUT2D eigenvalue weighted by atomic mass is 9.81. The molecule has 26 heavy (non-hydrogen) atoms. The molecule has 3 fully saturated rings. The van der Waals surface area contributed by atoms with Crippen molar-refractivity contribution >= 4 is 11.9 Å². The fourth-order valence-corrected chi connectivity index (χ4v) is 4.35. The number of benzene rings is 1. The molecule has 136 valence electrons. The molecule has 1 aromatic carbocycles. The van der Waals surface area contributed by atoms with E-state index in [4.69, 9.17) is 5.26 Å². The highest BCUT2D eigenvalue weighted by Crippen LogP contribution is 2.38. The molecular weight excluding hydrogens is 330 g/mol. The molecule has 2 heterocycles. The average molecular weight is 353 g/mol. The van der Waals surface area contributed by atoms with Gasteiger partial charge in [-0.2, -0.15) is 10.7 Å². The fourth-order valence-electron chi connectivity index (χ4n) is 4.35. The molecule has 0 bridgehead atoms. The number of amides is 3. The van der Waals surface area contributed by atoms with Crippen LogP contribution in [0.4, 0.5) is 4.79 Å². The van der Waals surface area contributed by atoms with E-state index in [0.717, 1.165) is 31.2 Å². The first-order valence-electron chi connectivity index (χ1n) is 9.19. The van der Waals surface area contributed by atoms with Gasteiger partial charge in [0, 0.05) is 12.6 Å². The highest BCUT2D eigenvalue weighted by molar-refractivity contribution is 5.85. The third-order valence-corrected chi connectivity index (χ3v) is 5.67. The number of rotatable bonds is 3. The summed E-state index contributed by atoms with van der Waals surface area (Å²) >= 11 is 0. The van der Waals surface area contributed by atoms with Crippen LogP contribution in [-0.4, -0.2) is 45.6 Å². The van der Waals surface area contributed by atoms with Crippen LogP contribution in [0.2, 0.25) is 0 Å². The number of nitrogens with zero attached hydrogens (tertiary/aromatic N) is 4. The summed E-state index contributed by atoms with van der Waals surface area (Å²) in [5.74, 6) is -0.0335. The third-order valence-electron chi connectivity index (χ3n) is 5.67. The standard InChI is InChI=1S/C19H23N5O2/c1-13-6-8-14(9-7-13)12-22-17(25)15-4-2-3-5-16(15)24-18(22)21-23(11-10-20)19(24)26/h6-9,15-16,18,21H,2-5,11-12H2,1H3. The van der Waals surface area contributed by atoms with E-state index in [0.29, 0.717) is 6.54 Å². The summed E-state index contributed by atoms with van der Waals surface area (Å²) < 4.78 is 0. The quantitative estimate of drug-likeness (QED) is 0.842. The number of carbonyl (C=O) groups is 2. The summed E-state index contributed by atoms with van der Waals surface area (Å²) in [6, 6.07) is 9.84. The van der Waals surface area contributed by atoms with Crippen molar-refractivity contribution in [2.24, 2.45) is 5.92 Å².